The summed E-state index contributed by atoms with van der Waals surface area (Å²) in [5.41, 5.74) is 16.3. The SMILES string of the molecule is CCCc1nc2ccccc2n1-c1ccc(-c2ccc3c4c(ccc3c2)-c2ccc3ccccc3c2C42c3ccccc3-c3ccccc32)cc1. The summed E-state index contributed by atoms with van der Waals surface area (Å²) in [6, 6.07) is 61.1. The highest BCUT2D eigenvalue weighted by molar-refractivity contribution is 6.09. The minimum absolute atomic E-state index is 0.412. The molecule has 51 heavy (non-hydrogen) atoms. The Labute approximate surface area is 297 Å². The zero-order valence-electron chi connectivity index (χ0n) is 28.4. The van der Waals surface area contributed by atoms with Crippen LogP contribution in [0.1, 0.15) is 41.4 Å². The molecule has 2 heteroatoms. The van der Waals surface area contributed by atoms with Gasteiger partial charge in [-0.1, -0.05) is 140 Å². The predicted molar refractivity (Wildman–Crippen MR) is 212 cm³/mol. The van der Waals surface area contributed by atoms with Crippen LogP contribution in [0, 0.1) is 0 Å². The first-order valence-corrected chi connectivity index (χ1v) is 18.1. The van der Waals surface area contributed by atoms with Crippen molar-refractivity contribution in [1.82, 2.24) is 9.55 Å². The van der Waals surface area contributed by atoms with Crippen LogP contribution in [0.25, 0.3) is 71.6 Å². The van der Waals surface area contributed by atoms with Gasteiger partial charge in [0.2, 0.25) is 0 Å². The van der Waals surface area contributed by atoms with Crippen molar-refractivity contribution in [3.8, 4) is 39.1 Å². The van der Waals surface area contributed by atoms with Gasteiger partial charge in [-0.3, -0.25) is 4.57 Å². The topological polar surface area (TPSA) is 17.8 Å². The largest absolute Gasteiger partial charge is 0.296 e. The Bertz CT molecular complexity index is 2830. The fourth-order valence-electron chi connectivity index (χ4n) is 9.49. The maximum Gasteiger partial charge on any atom is 0.114 e. The lowest BCUT2D eigenvalue weighted by molar-refractivity contribution is 0.809. The van der Waals surface area contributed by atoms with E-state index >= 15 is 0 Å². The second kappa shape index (κ2) is 10.6. The number of nitrogens with zero attached hydrogens (tertiary/aromatic N) is 2. The van der Waals surface area contributed by atoms with Crippen molar-refractivity contribution in [3.63, 3.8) is 0 Å². The summed E-state index contributed by atoms with van der Waals surface area (Å²) in [6.07, 6.45) is 2.00. The Morgan fingerprint density at radius 1 is 0.510 bits per heavy atom. The molecular weight excluding hydrogens is 617 g/mol. The van der Waals surface area contributed by atoms with E-state index in [2.05, 4.69) is 175 Å². The average molecular weight is 651 g/mol. The van der Waals surface area contributed by atoms with Crippen LogP contribution in [0.15, 0.2) is 164 Å². The van der Waals surface area contributed by atoms with E-state index in [1.54, 1.807) is 0 Å². The number of rotatable bonds is 4. The predicted octanol–water partition coefficient (Wildman–Crippen LogP) is 12.3. The molecule has 1 spiro atoms. The summed E-state index contributed by atoms with van der Waals surface area (Å²) in [4.78, 5) is 4.98. The molecule has 11 rings (SSSR count). The third-order valence-electron chi connectivity index (χ3n) is 11.5. The van der Waals surface area contributed by atoms with Gasteiger partial charge < -0.3 is 0 Å². The van der Waals surface area contributed by atoms with Crippen LogP contribution in [-0.2, 0) is 11.8 Å². The first-order chi connectivity index (χ1) is 25.3. The van der Waals surface area contributed by atoms with Crippen LogP contribution in [0.2, 0.25) is 0 Å². The number of hydrogen-bond donors (Lipinski definition) is 0. The molecule has 0 unspecified atom stereocenters. The lowest BCUT2D eigenvalue weighted by atomic mass is 9.68. The van der Waals surface area contributed by atoms with Crippen molar-refractivity contribution in [2.45, 2.75) is 25.2 Å². The van der Waals surface area contributed by atoms with Crippen LogP contribution in [0.5, 0.6) is 0 Å². The smallest absolute Gasteiger partial charge is 0.114 e. The molecule has 0 atom stereocenters. The monoisotopic (exact) mass is 650 g/mol. The summed E-state index contributed by atoms with van der Waals surface area (Å²) in [6.45, 7) is 2.22. The molecular formula is C49H34N2. The Kier molecular flexibility index (Phi) is 5.95. The molecule has 0 radical (unpaired) electrons. The van der Waals surface area contributed by atoms with Gasteiger partial charge in [0.15, 0.2) is 0 Å². The summed E-state index contributed by atoms with van der Waals surface area (Å²) in [7, 11) is 0. The molecule has 2 nitrogen and oxygen atoms in total. The van der Waals surface area contributed by atoms with E-state index in [1.165, 1.54) is 77.2 Å². The molecule has 0 aliphatic heterocycles. The molecule has 2 aliphatic carbocycles. The second-order valence-corrected chi connectivity index (χ2v) is 14.1. The molecule has 1 aromatic heterocycles. The van der Waals surface area contributed by atoms with E-state index in [0.717, 1.165) is 35.4 Å². The minimum Gasteiger partial charge on any atom is -0.296 e. The van der Waals surface area contributed by atoms with E-state index in [4.69, 9.17) is 4.98 Å². The van der Waals surface area contributed by atoms with Gasteiger partial charge in [-0.25, -0.2) is 4.98 Å². The molecule has 8 aromatic carbocycles. The van der Waals surface area contributed by atoms with Crippen LogP contribution >= 0.6 is 0 Å². The zero-order valence-corrected chi connectivity index (χ0v) is 28.4. The fraction of sp³-hybridized carbons (Fsp3) is 0.0816. The Balaban J connectivity index is 1.12. The van der Waals surface area contributed by atoms with E-state index < -0.39 is 5.41 Å². The van der Waals surface area contributed by atoms with E-state index in [1.807, 2.05) is 0 Å². The number of aromatic nitrogens is 2. The minimum atomic E-state index is -0.412. The van der Waals surface area contributed by atoms with Crippen molar-refractivity contribution in [1.29, 1.82) is 0 Å². The summed E-state index contributed by atoms with van der Waals surface area (Å²) < 4.78 is 2.32. The molecule has 0 fully saturated rings. The number of benzene rings is 8. The fourth-order valence-corrected chi connectivity index (χ4v) is 9.49. The van der Waals surface area contributed by atoms with Crippen molar-refractivity contribution in [2.24, 2.45) is 0 Å². The van der Waals surface area contributed by atoms with Crippen molar-refractivity contribution in [3.05, 3.63) is 192 Å². The number of aryl methyl sites for hydroxylation is 1. The zero-order chi connectivity index (χ0) is 33.7. The van der Waals surface area contributed by atoms with Gasteiger partial charge >= 0.3 is 0 Å². The standard InChI is InChI=1S/C49H34N2/c1-2-11-46-50-44-18-9-10-19-45(44)51(46)35-25-20-31(21-26-35)33-23-27-37-34(30-33)24-29-41-40-28-22-32-12-3-4-13-36(32)47(40)49(48(37)41)42-16-7-5-14-38(42)39-15-6-8-17-43(39)49/h3-10,12-30H,2,11H2,1H3. The molecule has 0 saturated carbocycles. The second-order valence-electron chi connectivity index (χ2n) is 14.1. The van der Waals surface area contributed by atoms with Gasteiger partial charge in [-0.15, -0.1) is 0 Å². The molecule has 0 amide bonds. The molecule has 2 aliphatic rings. The first kappa shape index (κ1) is 28.6. The lowest BCUT2D eigenvalue weighted by Crippen LogP contribution is -2.26. The summed E-state index contributed by atoms with van der Waals surface area (Å²) in [5.74, 6) is 1.11. The summed E-state index contributed by atoms with van der Waals surface area (Å²) >= 11 is 0. The Hall–Kier alpha value is -6.25. The van der Waals surface area contributed by atoms with Gasteiger partial charge in [0.25, 0.3) is 0 Å². The quantitative estimate of drug-likeness (QED) is 0.185. The molecule has 0 saturated heterocycles. The maximum absolute atomic E-state index is 4.98. The third kappa shape index (κ3) is 3.80. The van der Waals surface area contributed by atoms with Crippen molar-refractivity contribution < 1.29 is 0 Å². The Morgan fingerprint density at radius 3 is 1.86 bits per heavy atom. The highest BCUT2D eigenvalue weighted by Gasteiger charge is 2.53. The molecule has 0 bridgehead atoms. The van der Waals surface area contributed by atoms with Gasteiger partial charge in [-0.05, 0) is 114 Å². The van der Waals surface area contributed by atoms with E-state index in [9.17, 15) is 0 Å². The normalized spacial score (nSPS) is 13.5. The molecule has 0 N–H and O–H groups in total. The van der Waals surface area contributed by atoms with Gasteiger partial charge in [0.05, 0.1) is 16.4 Å². The first-order valence-electron chi connectivity index (χ1n) is 18.1. The maximum atomic E-state index is 4.98. The van der Waals surface area contributed by atoms with E-state index in [-0.39, 0.29) is 0 Å². The van der Waals surface area contributed by atoms with E-state index in [0.29, 0.717) is 0 Å². The van der Waals surface area contributed by atoms with Gasteiger partial charge in [-0.2, -0.15) is 0 Å². The number of fused-ring (bicyclic) bond motifs is 15. The summed E-state index contributed by atoms with van der Waals surface area (Å²) in [5, 5.41) is 5.19. The van der Waals surface area contributed by atoms with Gasteiger partial charge in [0, 0.05) is 12.1 Å². The number of hydrogen-bond acceptors (Lipinski definition) is 1. The lowest BCUT2D eigenvalue weighted by Gasteiger charge is -2.32. The van der Waals surface area contributed by atoms with Crippen molar-refractivity contribution in [2.75, 3.05) is 0 Å². The van der Waals surface area contributed by atoms with Gasteiger partial charge in [0.1, 0.15) is 5.82 Å². The van der Waals surface area contributed by atoms with Crippen LogP contribution < -0.4 is 0 Å². The molecule has 1 heterocycles. The van der Waals surface area contributed by atoms with Crippen LogP contribution in [0.3, 0.4) is 0 Å². The molecule has 9 aromatic rings. The number of para-hydroxylation sites is 2. The highest BCUT2D eigenvalue weighted by Crippen LogP contribution is 2.65. The van der Waals surface area contributed by atoms with Crippen molar-refractivity contribution >= 4 is 32.6 Å². The highest BCUT2D eigenvalue weighted by atomic mass is 15.1. The Morgan fingerprint density at radius 2 is 1.12 bits per heavy atom. The molecule has 240 valence electrons. The van der Waals surface area contributed by atoms with Crippen LogP contribution in [0.4, 0.5) is 0 Å². The third-order valence-corrected chi connectivity index (χ3v) is 11.5. The number of imidazole rings is 1. The van der Waals surface area contributed by atoms with Crippen LogP contribution in [-0.4, -0.2) is 9.55 Å². The average Bonchev–Trinajstić information content (AvgIpc) is 3.82.